The molecule has 2 heteroatoms. The standard InChI is InChI=1S/C8H16O2/c1-3-4-5-8(10-2)6-7-9/h7-8H,3-6H2,1-2H3. The van der Waals surface area contributed by atoms with Gasteiger partial charge >= 0.3 is 0 Å². The third kappa shape index (κ3) is 4.50. The topological polar surface area (TPSA) is 26.3 Å². The highest BCUT2D eigenvalue weighted by molar-refractivity contribution is 5.50. The zero-order chi connectivity index (χ0) is 7.82. The average Bonchev–Trinajstić information content (AvgIpc) is 1.98. The van der Waals surface area contributed by atoms with Crippen molar-refractivity contribution in [3.63, 3.8) is 0 Å². The Hall–Kier alpha value is -0.370. The number of aldehydes is 1. The molecule has 0 aliphatic rings. The molecule has 2 nitrogen and oxygen atoms in total. The first-order valence-corrected chi connectivity index (χ1v) is 3.81. The van der Waals surface area contributed by atoms with Crippen LogP contribution in [0.25, 0.3) is 0 Å². The summed E-state index contributed by atoms with van der Waals surface area (Å²) >= 11 is 0. The molecule has 0 radical (unpaired) electrons. The maximum atomic E-state index is 10.1. The monoisotopic (exact) mass is 144 g/mol. The van der Waals surface area contributed by atoms with Crippen molar-refractivity contribution in [1.29, 1.82) is 0 Å². The Bertz CT molecular complexity index is 81.3. The summed E-state index contributed by atoms with van der Waals surface area (Å²) in [4.78, 5) is 10.1. The summed E-state index contributed by atoms with van der Waals surface area (Å²) in [5, 5.41) is 0. The lowest BCUT2D eigenvalue weighted by atomic mass is 10.1. The molecule has 0 bridgehead atoms. The molecule has 0 fully saturated rings. The van der Waals surface area contributed by atoms with Gasteiger partial charge in [-0.1, -0.05) is 19.8 Å². The molecule has 0 spiro atoms. The fourth-order valence-electron chi connectivity index (χ4n) is 0.871. The molecule has 0 aromatic carbocycles. The SMILES string of the molecule is CCCCC(CC=O)OC. The predicted octanol–water partition coefficient (Wildman–Crippen LogP) is 1.78. The predicted molar refractivity (Wildman–Crippen MR) is 41.0 cm³/mol. The minimum atomic E-state index is 0.150. The van der Waals surface area contributed by atoms with E-state index in [-0.39, 0.29) is 6.10 Å². The third-order valence-corrected chi connectivity index (χ3v) is 1.57. The number of rotatable bonds is 6. The first kappa shape index (κ1) is 9.63. The summed E-state index contributed by atoms with van der Waals surface area (Å²) in [5.41, 5.74) is 0. The lowest BCUT2D eigenvalue weighted by molar-refractivity contribution is -0.110. The third-order valence-electron chi connectivity index (χ3n) is 1.57. The van der Waals surface area contributed by atoms with Crippen molar-refractivity contribution in [2.75, 3.05) is 7.11 Å². The normalized spacial score (nSPS) is 13.0. The summed E-state index contributed by atoms with van der Waals surface area (Å²) in [5.74, 6) is 0. The molecule has 0 aromatic rings. The minimum absolute atomic E-state index is 0.150. The van der Waals surface area contributed by atoms with Crippen molar-refractivity contribution in [3.05, 3.63) is 0 Å². The van der Waals surface area contributed by atoms with Gasteiger partial charge in [0.25, 0.3) is 0 Å². The van der Waals surface area contributed by atoms with E-state index in [0.717, 1.165) is 19.1 Å². The molecule has 60 valence electrons. The molecule has 1 atom stereocenters. The molecular formula is C8H16O2. The van der Waals surface area contributed by atoms with E-state index in [1.54, 1.807) is 7.11 Å². The molecule has 0 saturated heterocycles. The van der Waals surface area contributed by atoms with Crippen LogP contribution in [0.3, 0.4) is 0 Å². The van der Waals surface area contributed by atoms with Gasteiger partial charge in [-0.25, -0.2) is 0 Å². The van der Waals surface area contributed by atoms with Crippen LogP contribution in [-0.2, 0) is 9.53 Å². The van der Waals surface area contributed by atoms with Crippen LogP contribution >= 0.6 is 0 Å². The highest BCUT2D eigenvalue weighted by Crippen LogP contribution is 2.05. The Morgan fingerprint density at radius 3 is 2.70 bits per heavy atom. The zero-order valence-corrected chi connectivity index (χ0v) is 6.80. The fourth-order valence-corrected chi connectivity index (χ4v) is 0.871. The number of hydrogen-bond donors (Lipinski definition) is 0. The molecule has 0 aromatic heterocycles. The van der Waals surface area contributed by atoms with E-state index >= 15 is 0 Å². The van der Waals surface area contributed by atoms with Crippen LogP contribution in [-0.4, -0.2) is 19.5 Å². The quantitative estimate of drug-likeness (QED) is 0.531. The summed E-state index contributed by atoms with van der Waals surface area (Å²) < 4.78 is 5.06. The average molecular weight is 144 g/mol. The lowest BCUT2D eigenvalue weighted by Crippen LogP contribution is -2.10. The van der Waals surface area contributed by atoms with E-state index in [1.165, 1.54) is 6.42 Å². The summed E-state index contributed by atoms with van der Waals surface area (Å²) in [6.07, 6.45) is 4.93. The minimum Gasteiger partial charge on any atom is -0.381 e. The van der Waals surface area contributed by atoms with Crippen LogP contribution in [0.1, 0.15) is 32.6 Å². The number of hydrogen-bond acceptors (Lipinski definition) is 2. The Kier molecular flexibility index (Phi) is 6.50. The second-order valence-corrected chi connectivity index (χ2v) is 2.40. The Morgan fingerprint density at radius 1 is 1.60 bits per heavy atom. The van der Waals surface area contributed by atoms with E-state index in [9.17, 15) is 4.79 Å². The molecule has 0 aliphatic carbocycles. The number of carbonyl (C=O) groups is 1. The van der Waals surface area contributed by atoms with Gasteiger partial charge in [0.05, 0.1) is 6.10 Å². The Labute approximate surface area is 62.6 Å². The van der Waals surface area contributed by atoms with Crippen molar-refractivity contribution in [1.82, 2.24) is 0 Å². The molecule has 0 aliphatic heterocycles. The van der Waals surface area contributed by atoms with Crippen LogP contribution in [0.5, 0.6) is 0 Å². The number of methoxy groups -OCH3 is 1. The van der Waals surface area contributed by atoms with Crippen LogP contribution in [0.4, 0.5) is 0 Å². The van der Waals surface area contributed by atoms with Crippen molar-refractivity contribution < 1.29 is 9.53 Å². The molecule has 0 N–H and O–H groups in total. The largest absolute Gasteiger partial charge is 0.381 e. The van der Waals surface area contributed by atoms with Gasteiger partial charge < -0.3 is 9.53 Å². The van der Waals surface area contributed by atoms with Crippen LogP contribution in [0.2, 0.25) is 0 Å². The molecular weight excluding hydrogens is 128 g/mol. The Morgan fingerprint density at radius 2 is 2.30 bits per heavy atom. The van der Waals surface area contributed by atoms with Crippen LogP contribution < -0.4 is 0 Å². The molecule has 1 unspecified atom stereocenters. The second-order valence-electron chi connectivity index (χ2n) is 2.40. The van der Waals surface area contributed by atoms with E-state index in [0.29, 0.717) is 6.42 Å². The number of unbranched alkanes of at least 4 members (excludes halogenated alkanes) is 1. The molecule has 0 heterocycles. The van der Waals surface area contributed by atoms with E-state index < -0.39 is 0 Å². The zero-order valence-electron chi connectivity index (χ0n) is 6.80. The maximum absolute atomic E-state index is 10.1. The molecule has 0 saturated carbocycles. The van der Waals surface area contributed by atoms with E-state index in [2.05, 4.69) is 6.92 Å². The first-order chi connectivity index (χ1) is 4.85. The fraction of sp³-hybridized carbons (Fsp3) is 0.875. The Balaban J connectivity index is 3.29. The number of carbonyl (C=O) groups excluding carboxylic acids is 1. The highest BCUT2D eigenvalue weighted by atomic mass is 16.5. The van der Waals surface area contributed by atoms with Crippen molar-refractivity contribution in [2.45, 2.75) is 38.7 Å². The van der Waals surface area contributed by atoms with Gasteiger partial charge in [0, 0.05) is 13.5 Å². The van der Waals surface area contributed by atoms with Gasteiger partial charge in [-0.3, -0.25) is 0 Å². The first-order valence-electron chi connectivity index (χ1n) is 3.81. The summed E-state index contributed by atoms with van der Waals surface area (Å²) in [6.45, 7) is 2.13. The summed E-state index contributed by atoms with van der Waals surface area (Å²) in [6, 6.07) is 0. The lowest BCUT2D eigenvalue weighted by Gasteiger charge is -2.10. The number of ether oxygens (including phenoxy) is 1. The van der Waals surface area contributed by atoms with Crippen molar-refractivity contribution in [3.8, 4) is 0 Å². The van der Waals surface area contributed by atoms with Crippen molar-refractivity contribution in [2.24, 2.45) is 0 Å². The smallest absolute Gasteiger partial charge is 0.122 e. The van der Waals surface area contributed by atoms with Gasteiger partial charge in [0.2, 0.25) is 0 Å². The van der Waals surface area contributed by atoms with Crippen LogP contribution in [0.15, 0.2) is 0 Å². The van der Waals surface area contributed by atoms with Gasteiger partial charge in [0.1, 0.15) is 6.29 Å². The second kappa shape index (κ2) is 6.75. The summed E-state index contributed by atoms with van der Waals surface area (Å²) in [7, 11) is 1.66. The molecule has 0 rings (SSSR count). The molecule has 10 heavy (non-hydrogen) atoms. The molecule has 0 amide bonds. The highest BCUT2D eigenvalue weighted by Gasteiger charge is 2.03. The van der Waals surface area contributed by atoms with E-state index in [1.807, 2.05) is 0 Å². The van der Waals surface area contributed by atoms with Gasteiger partial charge in [-0.05, 0) is 6.42 Å². The maximum Gasteiger partial charge on any atom is 0.122 e. The van der Waals surface area contributed by atoms with Gasteiger partial charge in [-0.15, -0.1) is 0 Å². The van der Waals surface area contributed by atoms with Gasteiger partial charge in [0.15, 0.2) is 0 Å². The van der Waals surface area contributed by atoms with E-state index in [4.69, 9.17) is 4.74 Å². The van der Waals surface area contributed by atoms with Crippen molar-refractivity contribution >= 4 is 6.29 Å². The van der Waals surface area contributed by atoms with Gasteiger partial charge in [-0.2, -0.15) is 0 Å². The van der Waals surface area contributed by atoms with Crippen LogP contribution in [0, 0.1) is 0 Å².